The lowest BCUT2D eigenvalue weighted by molar-refractivity contribution is -0.0393. The Bertz CT molecular complexity index is 1340. The normalized spacial score (nSPS) is 24.8. The highest BCUT2D eigenvalue weighted by atomic mass is 32.2. The van der Waals surface area contributed by atoms with E-state index >= 15 is 0 Å². The van der Waals surface area contributed by atoms with Crippen LogP contribution in [0.25, 0.3) is 22.4 Å². The van der Waals surface area contributed by atoms with Crippen LogP contribution in [0.4, 0.5) is 11.5 Å². The number of hydrogen-bond acceptors (Lipinski definition) is 8. The molecule has 0 spiro atoms. The zero-order valence-electron chi connectivity index (χ0n) is 20.4. The summed E-state index contributed by atoms with van der Waals surface area (Å²) in [6, 6.07) is 4.14. The summed E-state index contributed by atoms with van der Waals surface area (Å²) in [6.07, 6.45) is 7.03. The fourth-order valence-corrected chi connectivity index (χ4v) is 7.48. The molecule has 0 aliphatic carbocycles. The van der Waals surface area contributed by atoms with Gasteiger partial charge in [-0.3, -0.25) is 4.68 Å². The predicted octanol–water partition coefficient (Wildman–Crippen LogP) is 3.65. The third-order valence-corrected chi connectivity index (χ3v) is 9.54. The van der Waals surface area contributed by atoms with Crippen molar-refractivity contribution in [3.05, 3.63) is 18.3 Å². The van der Waals surface area contributed by atoms with Crippen LogP contribution in [-0.4, -0.2) is 72.7 Å². The third-order valence-electron chi connectivity index (χ3n) is 7.16. The van der Waals surface area contributed by atoms with Crippen LogP contribution in [0.2, 0.25) is 0 Å². The molecule has 0 bridgehead atoms. The van der Waals surface area contributed by atoms with Gasteiger partial charge in [-0.25, -0.2) is 13.9 Å². The number of pyridine rings is 1. The van der Waals surface area contributed by atoms with Crippen molar-refractivity contribution in [3.63, 3.8) is 0 Å². The molecule has 6 heterocycles. The molecule has 3 aliphatic rings. The molecule has 0 radical (unpaired) electrons. The van der Waals surface area contributed by atoms with E-state index in [4.69, 9.17) is 29.0 Å². The maximum absolute atomic E-state index is 13.4. The van der Waals surface area contributed by atoms with Gasteiger partial charge >= 0.3 is 0 Å². The molecule has 3 aliphatic heterocycles. The molecular formula is C24H33N7O3S. The minimum Gasteiger partial charge on any atom is -0.377 e. The van der Waals surface area contributed by atoms with E-state index in [2.05, 4.69) is 11.8 Å². The molecule has 0 aromatic carbocycles. The van der Waals surface area contributed by atoms with Crippen molar-refractivity contribution < 1.29 is 13.7 Å². The molecule has 1 unspecified atom stereocenters. The number of rotatable bonds is 4. The number of morpholine rings is 1. The molecular weight excluding hydrogens is 466 g/mol. The van der Waals surface area contributed by atoms with Gasteiger partial charge in [-0.15, -0.1) is 0 Å². The summed E-state index contributed by atoms with van der Waals surface area (Å²) in [5, 5.41) is 9.65. The van der Waals surface area contributed by atoms with E-state index in [1.54, 1.807) is 4.68 Å². The van der Waals surface area contributed by atoms with Gasteiger partial charge in [0.05, 0.1) is 29.0 Å². The van der Waals surface area contributed by atoms with Crippen molar-refractivity contribution in [3.8, 4) is 11.4 Å². The Hall–Kier alpha value is -2.50. The summed E-state index contributed by atoms with van der Waals surface area (Å²) in [6.45, 7) is 4.94. The highest BCUT2D eigenvalue weighted by molar-refractivity contribution is 7.93. The smallest absolute Gasteiger partial charge is 0.150 e. The maximum atomic E-state index is 13.4. The SMILES string of the molecule is C[C@@H]1COCCN1c1cc(N=S2(=O)CCCC2)c2c(n1)c(-c1ccn(C3CCCCO3)n1)nn2C. The van der Waals surface area contributed by atoms with Gasteiger partial charge in [0.2, 0.25) is 0 Å². The first-order chi connectivity index (χ1) is 17.0. The molecule has 188 valence electrons. The van der Waals surface area contributed by atoms with Crippen molar-refractivity contribution in [2.24, 2.45) is 11.4 Å². The van der Waals surface area contributed by atoms with E-state index < -0.39 is 9.73 Å². The van der Waals surface area contributed by atoms with Gasteiger partial charge in [-0.1, -0.05) is 0 Å². The molecule has 3 aromatic heterocycles. The van der Waals surface area contributed by atoms with E-state index in [0.29, 0.717) is 36.1 Å². The first-order valence-electron chi connectivity index (χ1n) is 12.6. The molecule has 2 atom stereocenters. The average Bonchev–Trinajstić information content (AvgIpc) is 3.59. The highest BCUT2D eigenvalue weighted by Gasteiger charge is 2.27. The fourth-order valence-electron chi connectivity index (χ4n) is 5.28. The van der Waals surface area contributed by atoms with Crippen molar-refractivity contribution in [2.75, 3.05) is 42.8 Å². The van der Waals surface area contributed by atoms with Crippen molar-refractivity contribution in [1.29, 1.82) is 0 Å². The zero-order chi connectivity index (χ0) is 24.0. The molecule has 0 saturated carbocycles. The Balaban J connectivity index is 1.50. The summed E-state index contributed by atoms with van der Waals surface area (Å²) in [5.41, 5.74) is 3.69. The second-order valence-corrected chi connectivity index (χ2v) is 12.3. The second-order valence-electron chi connectivity index (χ2n) is 9.77. The van der Waals surface area contributed by atoms with Gasteiger partial charge in [-0.05, 0) is 45.1 Å². The van der Waals surface area contributed by atoms with Gasteiger partial charge in [0.1, 0.15) is 40.2 Å². The summed E-state index contributed by atoms with van der Waals surface area (Å²) < 4.78 is 33.6. The Morgan fingerprint density at radius 2 is 2.00 bits per heavy atom. The Morgan fingerprint density at radius 3 is 2.77 bits per heavy atom. The average molecular weight is 500 g/mol. The van der Waals surface area contributed by atoms with Crippen molar-refractivity contribution >= 4 is 32.3 Å². The standard InChI is InChI=1S/C24H33N7O3S/c1-17-16-33-12-10-30(17)20-15-19(28-35(32)13-5-6-14-35)24-23(25-20)22(27-29(24)2)18-8-9-31(26-18)21-7-3-4-11-34-21/h8-9,15,17,21H,3-7,10-14,16H2,1-2H3/t17-,21?/m1/s1. The predicted molar refractivity (Wildman–Crippen MR) is 135 cm³/mol. The molecule has 3 aromatic rings. The van der Waals surface area contributed by atoms with Gasteiger partial charge in [0.15, 0.2) is 0 Å². The first kappa shape index (κ1) is 22.9. The number of aromatic nitrogens is 5. The number of hydrogen-bond donors (Lipinski definition) is 0. The Morgan fingerprint density at radius 1 is 1.14 bits per heavy atom. The quantitative estimate of drug-likeness (QED) is 0.540. The molecule has 3 fully saturated rings. The third kappa shape index (κ3) is 4.34. The fraction of sp³-hybridized carbons (Fsp3) is 0.625. The van der Waals surface area contributed by atoms with E-state index in [9.17, 15) is 4.21 Å². The lowest BCUT2D eigenvalue weighted by Gasteiger charge is -2.34. The van der Waals surface area contributed by atoms with Crippen LogP contribution in [0.1, 0.15) is 45.3 Å². The highest BCUT2D eigenvalue weighted by Crippen LogP contribution is 2.37. The molecule has 0 N–H and O–H groups in total. The van der Waals surface area contributed by atoms with Gasteiger partial charge < -0.3 is 14.4 Å². The van der Waals surface area contributed by atoms with Crippen LogP contribution in [0, 0.1) is 0 Å². The molecule has 10 nitrogen and oxygen atoms in total. The number of nitrogens with zero attached hydrogens (tertiary/aromatic N) is 7. The minimum atomic E-state index is -2.27. The summed E-state index contributed by atoms with van der Waals surface area (Å²) in [5.74, 6) is 2.12. The van der Waals surface area contributed by atoms with Crippen LogP contribution >= 0.6 is 0 Å². The summed E-state index contributed by atoms with van der Waals surface area (Å²) in [4.78, 5) is 7.32. The second kappa shape index (κ2) is 9.18. The van der Waals surface area contributed by atoms with Crippen LogP contribution in [0.5, 0.6) is 0 Å². The molecule has 0 amide bonds. The Labute approximate surface area is 205 Å². The van der Waals surface area contributed by atoms with Crippen LogP contribution in [0.3, 0.4) is 0 Å². The molecule has 11 heteroatoms. The van der Waals surface area contributed by atoms with E-state index in [1.165, 1.54) is 0 Å². The summed E-state index contributed by atoms with van der Waals surface area (Å²) in [7, 11) is -0.370. The molecule has 35 heavy (non-hydrogen) atoms. The van der Waals surface area contributed by atoms with Crippen molar-refractivity contribution in [1.82, 2.24) is 24.5 Å². The van der Waals surface area contributed by atoms with Gasteiger partial charge in [0.25, 0.3) is 0 Å². The molecule has 6 rings (SSSR count). The first-order valence-corrected chi connectivity index (χ1v) is 14.5. The zero-order valence-corrected chi connectivity index (χ0v) is 21.2. The van der Waals surface area contributed by atoms with Crippen LogP contribution in [0.15, 0.2) is 22.7 Å². The van der Waals surface area contributed by atoms with Crippen molar-refractivity contribution in [2.45, 2.75) is 51.3 Å². The number of anilines is 1. The number of fused-ring (bicyclic) bond motifs is 1. The minimum absolute atomic E-state index is 0.0398. The molecule has 3 saturated heterocycles. The number of ether oxygens (including phenoxy) is 2. The van der Waals surface area contributed by atoms with Crippen LogP contribution < -0.4 is 4.90 Å². The van der Waals surface area contributed by atoms with E-state index in [1.807, 2.05) is 30.1 Å². The topological polar surface area (TPSA) is 99.7 Å². The van der Waals surface area contributed by atoms with Gasteiger partial charge in [0, 0.05) is 44.0 Å². The lowest BCUT2D eigenvalue weighted by atomic mass is 10.2. The lowest BCUT2D eigenvalue weighted by Crippen LogP contribution is -2.44. The van der Waals surface area contributed by atoms with E-state index in [-0.39, 0.29) is 12.3 Å². The van der Waals surface area contributed by atoms with Crippen LogP contribution in [-0.2, 0) is 26.3 Å². The van der Waals surface area contributed by atoms with E-state index in [0.717, 1.165) is 67.8 Å². The Kier molecular flexibility index (Phi) is 6.01. The van der Waals surface area contributed by atoms with Gasteiger partial charge in [-0.2, -0.15) is 14.6 Å². The number of aryl methyl sites for hydroxylation is 1. The maximum Gasteiger partial charge on any atom is 0.150 e. The monoisotopic (exact) mass is 499 g/mol. The largest absolute Gasteiger partial charge is 0.377 e. The summed E-state index contributed by atoms with van der Waals surface area (Å²) >= 11 is 0.